The van der Waals surface area contributed by atoms with Gasteiger partial charge in [0.25, 0.3) is 5.91 Å². The summed E-state index contributed by atoms with van der Waals surface area (Å²) in [5, 5.41) is 2.92. The van der Waals surface area contributed by atoms with Gasteiger partial charge in [-0.25, -0.2) is 9.37 Å². The van der Waals surface area contributed by atoms with Crippen LogP contribution in [0.25, 0.3) is 0 Å². The minimum atomic E-state index is -0.534. The maximum Gasteiger partial charge on any atom is 0.257 e. The number of hydrogen-bond donors (Lipinski definition) is 1. The number of hydrogen-bond acceptors (Lipinski definition) is 3. The van der Waals surface area contributed by atoms with Gasteiger partial charge in [0.15, 0.2) is 11.6 Å². The first-order chi connectivity index (χ1) is 10.2. The van der Waals surface area contributed by atoms with Crippen molar-refractivity contribution in [1.82, 2.24) is 9.88 Å². The molecule has 0 atom stereocenters. The summed E-state index contributed by atoms with van der Waals surface area (Å²) >= 11 is 0. The summed E-state index contributed by atoms with van der Waals surface area (Å²) < 4.78 is 14.4. The lowest BCUT2D eigenvalue weighted by molar-refractivity contribution is 0.0684. The lowest BCUT2D eigenvalue weighted by Crippen LogP contribution is -2.38. The highest BCUT2D eigenvalue weighted by Crippen LogP contribution is 2.23. The lowest BCUT2D eigenvalue weighted by Gasteiger charge is -2.31. The van der Waals surface area contributed by atoms with E-state index in [1.54, 1.807) is 4.90 Å². The Morgan fingerprint density at radius 3 is 2.76 bits per heavy atom. The van der Waals surface area contributed by atoms with Gasteiger partial charge in [-0.1, -0.05) is 20.3 Å². The van der Waals surface area contributed by atoms with Crippen molar-refractivity contribution < 1.29 is 9.18 Å². The van der Waals surface area contributed by atoms with Gasteiger partial charge in [0.2, 0.25) is 0 Å². The molecule has 5 heteroatoms. The molecule has 1 aromatic rings. The predicted molar refractivity (Wildman–Crippen MR) is 81.9 cm³/mol. The van der Waals surface area contributed by atoms with E-state index in [0.717, 1.165) is 38.8 Å². The highest BCUT2D eigenvalue weighted by molar-refractivity contribution is 5.95. The van der Waals surface area contributed by atoms with Gasteiger partial charge in [-0.3, -0.25) is 4.79 Å². The number of halogens is 1. The van der Waals surface area contributed by atoms with Crippen molar-refractivity contribution in [2.75, 3.05) is 25.0 Å². The van der Waals surface area contributed by atoms with Crippen LogP contribution in [0, 0.1) is 11.7 Å². The third-order valence-electron chi connectivity index (χ3n) is 4.14. The molecule has 4 nitrogen and oxygen atoms in total. The minimum absolute atomic E-state index is 0.124. The molecule has 1 amide bonds. The third kappa shape index (κ3) is 3.71. The molecule has 1 aromatic heterocycles. The standard InChI is InChI=1S/C16H24FN3O/c1-3-8-18-15-14(17)13(5-9-19-15)16(21)20-10-6-12(4-2)7-11-20/h5,9,12H,3-4,6-8,10-11H2,1-2H3,(H,18,19). The van der Waals surface area contributed by atoms with Crippen LogP contribution in [-0.4, -0.2) is 35.4 Å². The zero-order valence-electron chi connectivity index (χ0n) is 12.9. The largest absolute Gasteiger partial charge is 0.368 e. The molecule has 1 aliphatic heterocycles. The second-order valence-electron chi connectivity index (χ2n) is 5.59. The Morgan fingerprint density at radius 1 is 1.43 bits per heavy atom. The van der Waals surface area contributed by atoms with E-state index in [2.05, 4.69) is 17.2 Å². The second-order valence-corrected chi connectivity index (χ2v) is 5.59. The quantitative estimate of drug-likeness (QED) is 0.906. The van der Waals surface area contributed by atoms with Crippen LogP contribution in [0.5, 0.6) is 0 Å². The van der Waals surface area contributed by atoms with Crippen molar-refractivity contribution in [3.63, 3.8) is 0 Å². The smallest absolute Gasteiger partial charge is 0.257 e. The van der Waals surface area contributed by atoms with Crippen LogP contribution < -0.4 is 5.32 Å². The van der Waals surface area contributed by atoms with E-state index in [1.165, 1.54) is 12.3 Å². The Labute approximate surface area is 125 Å². The zero-order chi connectivity index (χ0) is 15.2. The van der Waals surface area contributed by atoms with Gasteiger partial charge >= 0.3 is 0 Å². The molecule has 0 aliphatic carbocycles. The molecule has 1 N–H and O–H groups in total. The van der Waals surface area contributed by atoms with Gasteiger partial charge in [0.05, 0.1) is 5.56 Å². The van der Waals surface area contributed by atoms with Gasteiger partial charge in [-0.05, 0) is 31.2 Å². The predicted octanol–water partition coefficient (Wildman–Crippen LogP) is 3.30. The first kappa shape index (κ1) is 15.7. The number of carbonyl (C=O) groups excluding carboxylic acids is 1. The van der Waals surface area contributed by atoms with Gasteiger partial charge < -0.3 is 10.2 Å². The number of nitrogens with one attached hydrogen (secondary N) is 1. The fourth-order valence-corrected chi connectivity index (χ4v) is 2.69. The number of aromatic nitrogens is 1. The number of pyridine rings is 1. The molecule has 0 bridgehead atoms. The Morgan fingerprint density at radius 2 is 2.14 bits per heavy atom. The Kier molecular flexibility index (Phi) is 5.53. The molecule has 0 aromatic carbocycles. The summed E-state index contributed by atoms with van der Waals surface area (Å²) in [4.78, 5) is 18.2. The summed E-state index contributed by atoms with van der Waals surface area (Å²) in [6.45, 7) is 6.26. The molecule has 116 valence electrons. The summed E-state index contributed by atoms with van der Waals surface area (Å²) in [5.41, 5.74) is 0.124. The monoisotopic (exact) mass is 293 g/mol. The van der Waals surface area contributed by atoms with E-state index in [-0.39, 0.29) is 17.3 Å². The molecule has 0 spiro atoms. The van der Waals surface area contributed by atoms with Crippen molar-refractivity contribution in [2.24, 2.45) is 5.92 Å². The molecule has 0 unspecified atom stereocenters. The third-order valence-corrected chi connectivity index (χ3v) is 4.14. The van der Waals surface area contributed by atoms with Gasteiger partial charge in [-0.2, -0.15) is 0 Å². The van der Waals surface area contributed by atoms with Crippen molar-refractivity contribution >= 4 is 11.7 Å². The summed E-state index contributed by atoms with van der Waals surface area (Å²) in [7, 11) is 0. The highest BCUT2D eigenvalue weighted by atomic mass is 19.1. The number of carbonyl (C=O) groups is 1. The van der Waals surface area contributed by atoms with E-state index < -0.39 is 5.82 Å². The molecular formula is C16H24FN3O. The van der Waals surface area contributed by atoms with Crippen LogP contribution >= 0.6 is 0 Å². The van der Waals surface area contributed by atoms with E-state index in [4.69, 9.17) is 0 Å². The van der Waals surface area contributed by atoms with Crippen molar-refractivity contribution in [3.05, 3.63) is 23.6 Å². The molecule has 2 heterocycles. The lowest BCUT2D eigenvalue weighted by atomic mass is 9.94. The number of likely N-dealkylation sites (tertiary alicyclic amines) is 1. The molecule has 0 radical (unpaired) electrons. The Hall–Kier alpha value is -1.65. The van der Waals surface area contributed by atoms with Crippen LogP contribution in [0.2, 0.25) is 0 Å². The molecule has 0 saturated carbocycles. The second kappa shape index (κ2) is 7.38. The SMILES string of the molecule is CCCNc1nccc(C(=O)N2CCC(CC)CC2)c1F. The molecule has 1 fully saturated rings. The maximum absolute atomic E-state index is 14.4. The van der Waals surface area contributed by atoms with Crippen LogP contribution in [0.3, 0.4) is 0 Å². The molecule has 1 aliphatic rings. The fourth-order valence-electron chi connectivity index (χ4n) is 2.69. The van der Waals surface area contributed by atoms with Gasteiger partial charge in [0, 0.05) is 25.8 Å². The minimum Gasteiger partial charge on any atom is -0.368 e. The normalized spacial score (nSPS) is 16.0. The number of anilines is 1. The molecule has 21 heavy (non-hydrogen) atoms. The first-order valence-electron chi connectivity index (χ1n) is 7.85. The van der Waals surface area contributed by atoms with Crippen LogP contribution in [-0.2, 0) is 0 Å². The van der Waals surface area contributed by atoms with Gasteiger partial charge in [0.1, 0.15) is 0 Å². The van der Waals surface area contributed by atoms with E-state index >= 15 is 0 Å². The van der Waals surface area contributed by atoms with Crippen LogP contribution in [0.1, 0.15) is 49.9 Å². The van der Waals surface area contributed by atoms with Crippen molar-refractivity contribution in [1.29, 1.82) is 0 Å². The van der Waals surface area contributed by atoms with Crippen LogP contribution in [0.4, 0.5) is 10.2 Å². The summed E-state index contributed by atoms with van der Waals surface area (Å²) in [6.07, 6.45) is 5.54. The first-order valence-corrected chi connectivity index (χ1v) is 7.85. The topological polar surface area (TPSA) is 45.2 Å². The Balaban J connectivity index is 2.09. The van der Waals surface area contributed by atoms with Gasteiger partial charge in [-0.15, -0.1) is 0 Å². The van der Waals surface area contributed by atoms with Crippen molar-refractivity contribution in [3.8, 4) is 0 Å². The summed E-state index contributed by atoms with van der Waals surface area (Å²) in [6, 6.07) is 1.47. The highest BCUT2D eigenvalue weighted by Gasteiger charge is 2.25. The fraction of sp³-hybridized carbons (Fsp3) is 0.625. The average Bonchev–Trinajstić information content (AvgIpc) is 2.53. The number of rotatable bonds is 5. The maximum atomic E-state index is 14.4. The van der Waals surface area contributed by atoms with E-state index in [1.807, 2.05) is 6.92 Å². The van der Waals surface area contributed by atoms with E-state index in [0.29, 0.717) is 12.5 Å². The summed E-state index contributed by atoms with van der Waals surface area (Å²) in [5.74, 6) is 0.113. The van der Waals surface area contributed by atoms with E-state index in [9.17, 15) is 9.18 Å². The van der Waals surface area contributed by atoms with Crippen molar-refractivity contribution in [2.45, 2.75) is 39.5 Å². The molecular weight excluding hydrogens is 269 g/mol. The zero-order valence-corrected chi connectivity index (χ0v) is 12.9. The van der Waals surface area contributed by atoms with Crippen LogP contribution in [0.15, 0.2) is 12.3 Å². The number of amides is 1. The average molecular weight is 293 g/mol. The molecule has 1 saturated heterocycles. The number of nitrogens with zero attached hydrogens (tertiary/aromatic N) is 2. The number of piperidine rings is 1. The molecule has 2 rings (SSSR count). The Bertz CT molecular complexity index is 484.